The molecule has 0 amide bonds. The van der Waals surface area contributed by atoms with Crippen molar-refractivity contribution < 1.29 is 25.8 Å². The fourth-order valence-electron chi connectivity index (χ4n) is 9.13. The maximum absolute atomic E-state index is 6.95. The molecule has 0 radical (unpaired) electrons. The first kappa shape index (κ1) is 40.5. The van der Waals surface area contributed by atoms with Crippen LogP contribution in [0, 0.1) is 24.7 Å². The van der Waals surface area contributed by atoms with Crippen LogP contribution < -0.4 is 14.5 Å². The van der Waals surface area contributed by atoms with Gasteiger partial charge in [-0.1, -0.05) is 130 Å². The molecule has 63 heavy (non-hydrogen) atoms. The number of fused-ring (bicyclic) bond motifs is 7. The molecule has 10 aromatic rings. The third-order valence-electron chi connectivity index (χ3n) is 12.0. The maximum Gasteiger partial charge on any atom is 0.135 e. The van der Waals surface area contributed by atoms with E-state index in [2.05, 4.69) is 224 Å². The first-order valence-corrected chi connectivity index (χ1v) is 21.5. The fraction of sp³-hybridized carbons (Fsp3) is 0.143. The Kier molecular flexibility index (Phi) is 10.2. The Balaban J connectivity index is 0.00000471. The van der Waals surface area contributed by atoms with Crippen LogP contribution in [-0.4, -0.2) is 14.1 Å². The zero-order chi connectivity index (χ0) is 42.1. The van der Waals surface area contributed by atoms with Crippen molar-refractivity contribution in [3.63, 3.8) is 0 Å². The molecule has 0 unspecified atom stereocenters. The van der Waals surface area contributed by atoms with E-state index in [1.165, 1.54) is 21.9 Å². The summed E-state index contributed by atoms with van der Waals surface area (Å²) in [4.78, 5) is 9.39. The molecule has 0 saturated carbocycles. The molecular formula is C56H46N5OPt-3. The van der Waals surface area contributed by atoms with Crippen molar-refractivity contribution in [3.8, 4) is 23.0 Å². The number of nitrogens with zero attached hydrogens (tertiary/aromatic N) is 5. The molecule has 3 aromatic heterocycles. The number of ether oxygens (including phenoxy) is 1. The fourth-order valence-corrected chi connectivity index (χ4v) is 9.13. The number of hydrogen-bond donors (Lipinski definition) is 0. The molecule has 0 spiro atoms. The van der Waals surface area contributed by atoms with Crippen molar-refractivity contribution in [2.75, 3.05) is 9.80 Å². The van der Waals surface area contributed by atoms with Crippen LogP contribution in [0.4, 0.5) is 22.7 Å². The molecule has 0 atom stereocenters. The zero-order valence-electron chi connectivity index (χ0n) is 35.9. The van der Waals surface area contributed by atoms with Gasteiger partial charge in [-0.25, -0.2) is 4.98 Å². The van der Waals surface area contributed by atoms with E-state index in [9.17, 15) is 0 Å². The van der Waals surface area contributed by atoms with Crippen molar-refractivity contribution in [2.45, 2.75) is 46.5 Å². The molecule has 0 saturated heterocycles. The average Bonchev–Trinajstić information content (AvgIpc) is 3.94. The molecule has 0 N–H and O–H groups in total. The normalized spacial score (nSPS) is 12.8. The molecule has 0 aliphatic carbocycles. The minimum absolute atomic E-state index is 0. The van der Waals surface area contributed by atoms with Crippen molar-refractivity contribution in [2.24, 2.45) is 5.92 Å². The minimum Gasteiger partial charge on any atom is -0.509 e. The van der Waals surface area contributed by atoms with E-state index >= 15 is 0 Å². The first-order valence-electron chi connectivity index (χ1n) is 21.5. The predicted molar refractivity (Wildman–Crippen MR) is 256 cm³/mol. The number of benzene rings is 7. The summed E-state index contributed by atoms with van der Waals surface area (Å²) in [7, 11) is 0. The summed E-state index contributed by atoms with van der Waals surface area (Å²) in [5.41, 5.74) is 11.8. The van der Waals surface area contributed by atoms with Gasteiger partial charge in [-0.2, -0.15) is 6.07 Å². The van der Waals surface area contributed by atoms with Gasteiger partial charge < -0.3 is 23.7 Å². The van der Waals surface area contributed by atoms with Crippen molar-refractivity contribution in [3.05, 3.63) is 194 Å². The number of aromatic nitrogens is 3. The number of anilines is 4. The Morgan fingerprint density at radius 2 is 1.22 bits per heavy atom. The standard InChI is InChI=1S/C56H46N5O.Pt/c1-37(2)29-38-27-28-57-55(30-38)61-51-22-11-8-19-47(51)48-26-25-43(35-54(48)61)62-44-33-41(32-42(34-44)60-49-20-9-6-17-45(49)46-18-7-10-21-50(46)60)59-36-58(52-23-12-13-24-53(52)59)40-16-14-15-39(31-40)56(3,4)5;/h6-28,30-32,34,36-37H,29H2,1-5H3;/q-3;. The van der Waals surface area contributed by atoms with Crippen molar-refractivity contribution >= 4 is 66.4 Å². The summed E-state index contributed by atoms with van der Waals surface area (Å²) in [5.74, 6) is 2.57. The van der Waals surface area contributed by atoms with Crippen LogP contribution in [0.3, 0.4) is 0 Å². The molecule has 1 aliphatic heterocycles. The Morgan fingerprint density at radius 3 is 1.90 bits per heavy atom. The van der Waals surface area contributed by atoms with Gasteiger partial charge in [0.15, 0.2) is 0 Å². The topological polar surface area (TPSA) is 38.5 Å². The number of rotatable bonds is 8. The molecule has 7 aromatic carbocycles. The largest absolute Gasteiger partial charge is 0.509 e. The van der Waals surface area contributed by atoms with Gasteiger partial charge in [-0.05, 0) is 88.9 Å². The van der Waals surface area contributed by atoms with E-state index in [0.29, 0.717) is 17.4 Å². The summed E-state index contributed by atoms with van der Waals surface area (Å²) in [5, 5.41) is 4.62. The SMILES string of the molecule is CC(C)Cc1ccnc(-n2c3[c-]c(Oc4[c-]c(N5[CH-]N(c6cccc(C(C)(C)C)c6)c6ccccc65)cc(-n5c6ccccc6c6ccccc65)c4)ccc3c3ccccc32)c1.[Pt]. The van der Waals surface area contributed by atoms with E-state index in [1.807, 2.05) is 12.3 Å². The molecule has 0 bridgehead atoms. The second kappa shape index (κ2) is 15.9. The summed E-state index contributed by atoms with van der Waals surface area (Å²) in [6.45, 7) is 13.4. The first-order chi connectivity index (χ1) is 30.2. The summed E-state index contributed by atoms with van der Waals surface area (Å²) < 4.78 is 11.5. The molecular weight excluding hydrogens is 954 g/mol. The van der Waals surface area contributed by atoms with Crippen LogP contribution in [0.15, 0.2) is 164 Å². The second-order valence-electron chi connectivity index (χ2n) is 17.8. The van der Waals surface area contributed by atoms with E-state index in [-0.39, 0.29) is 26.5 Å². The van der Waals surface area contributed by atoms with E-state index in [4.69, 9.17) is 9.72 Å². The minimum atomic E-state index is 0. The molecule has 7 heteroatoms. The Morgan fingerprint density at radius 1 is 0.587 bits per heavy atom. The van der Waals surface area contributed by atoms with Gasteiger partial charge in [0.25, 0.3) is 0 Å². The maximum atomic E-state index is 6.95. The van der Waals surface area contributed by atoms with Crippen LogP contribution in [-0.2, 0) is 32.9 Å². The molecule has 1 aliphatic rings. The molecule has 11 rings (SSSR count). The smallest absolute Gasteiger partial charge is 0.135 e. The summed E-state index contributed by atoms with van der Waals surface area (Å²) in [6, 6.07) is 63.3. The van der Waals surface area contributed by atoms with Gasteiger partial charge >= 0.3 is 0 Å². The summed E-state index contributed by atoms with van der Waals surface area (Å²) >= 11 is 0. The second-order valence-corrected chi connectivity index (χ2v) is 17.8. The van der Waals surface area contributed by atoms with Crippen LogP contribution in [0.1, 0.15) is 45.7 Å². The Hall–Kier alpha value is -6.62. The van der Waals surface area contributed by atoms with E-state index < -0.39 is 0 Å². The van der Waals surface area contributed by atoms with Crippen LogP contribution >= 0.6 is 0 Å². The summed E-state index contributed by atoms with van der Waals surface area (Å²) in [6.07, 6.45) is 2.89. The Labute approximate surface area is 383 Å². The third kappa shape index (κ3) is 7.17. The van der Waals surface area contributed by atoms with Crippen molar-refractivity contribution in [1.29, 1.82) is 0 Å². The molecule has 6 nitrogen and oxygen atoms in total. The van der Waals surface area contributed by atoms with E-state index in [1.54, 1.807) is 0 Å². The van der Waals surface area contributed by atoms with Crippen LogP contribution in [0.2, 0.25) is 0 Å². The van der Waals surface area contributed by atoms with Gasteiger partial charge in [-0.15, -0.1) is 42.4 Å². The van der Waals surface area contributed by atoms with Gasteiger partial charge in [0.1, 0.15) is 5.82 Å². The van der Waals surface area contributed by atoms with Crippen molar-refractivity contribution in [1.82, 2.24) is 14.1 Å². The van der Waals surface area contributed by atoms with Crippen LogP contribution in [0.5, 0.6) is 11.5 Å². The zero-order valence-corrected chi connectivity index (χ0v) is 38.2. The van der Waals surface area contributed by atoms with Gasteiger partial charge in [-0.3, -0.25) is 0 Å². The molecule has 4 heterocycles. The third-order valence-corrected chi connectivity index (χ3v) is 12.0. The van der Waals surface area contributed by atoms with Crippen LogP contribution in [0.25, 0.3) is 55.1 Å². The average molecular weight is 1000 g/mol. The monoisotopic (exact) mass is 999 g/mol. The Bertz CT molecular complexity index is 3280. The van der Waals surface area contributed by atoms with E-state index in [0.717, 1.165) is 73.5 Å². The van der Waals surface area contributed by atoms with Gasteiger partial charge in [0, 0.05) is 72.1 Å². The predicted octanol–water partition coefficient (Wildman–Crippen LogP) is 14.6. The number of para-hydroxylation sites is 5. The number of pyridine rings is 1. The number of hydrogen-bond acceptors (Lipinski definition) is 4. The van der Waals surface area contributed by atoms with Gasteiger partial charge in [0.2, 0.25) is 0 Å². The molecule has 0 fully saturated rings. The van der Waals surface area contributed by atoms with Gasteiger partial charge in [0.05, 0.1) is 11.0 Å². The molecule has 314 valence electrons. The quantitative estimate of drug-likeness (QED) is 0.142.